The summed E-state index contributed by atoms with van der Waals surface area (Å²) in [6.07, 6.45) is 5.80. The Morgan fingerprint density at radius 3 is 2.71 bits per heavy atom. The molecule has 2 saturated carbocycles. The first-order valence-electron chi connectivity index (χ1n) is 5.58. The highest BCUT2D eigenvalue weighted by Gasteiger charge is 2.39. The molecule has 1 heteroatoms. The number of hydrogen-bond acceptors (Lipinski definition) is 0. The zero-order valence-corrected chi connectivity index (χ0v) is 9.00. The topological polar surface area (TPSA) is 0 Å². The molecular formula is C13H15Cl. The number of fused-ring (bicyclic) bond motifs is 2. The Bertz CT molecular complexity index is 345. The summed E-state index contributed by atoms with van der Waals surface area (Å²) in [5, 5.41) is 0.894. The average molecular weight is 207 g/mol. The summed E-state index contributed by atoms with van der Waals surface area (Å²) in [5.74, 6) is 2.79. The summed E-state index contributed by atoms with van der Waals surface area (Å²) in [6.45, 7) is 0. The maximum absolute atomic E-state index is 6.03. The van der Waals surface area contributed by atoms with E-state index in [2.05, 4.69) is 18.2 Å². The van der Waals surface area contributed by atoms with Gasteiger partial charge in [-0.3, -0.25) is 0 Å². The van der Waals surface area contributed by atoms with Crippen molar-refractivity contribution in [1.29, 1.82) is 0 Å². The molecule has 0 saturated heterocycles. The Balaban J connectivity index is 1.89. The van der Waals surface area contributed by atoms with Gasteiger partial charge in [-0.25, -0.2) is 0 Å². The summed E-state index contributed by atoms with van der Waals surface area (Å²) in [4.78, 5) is 0. The number of halogens is 1. The van der Waals surface area contributed by atoms with Gasteiger partial charge in [0.05, 0.1) is 0 Å². The second-order valence-corrected chi connectivity index (χ2v) is 5.27. The van der Waals surface area contributed by atoms with Gasteiger partial charge in [0.2, 0.25) is 0 Å². The van der Waals surface area contributed by atoms with Crippen LogP contribution in [0.2, 0.25) is 5.02 Å². The molecule has 1 aromatic carbocycles. The van der Waals surface area contributed by atoms with Crippen molar-refractivity contribution < 1.29 is 0 Å². The maximum Gasteiger partial charge on any atom is 0.0408 e. The van der Waals surface area contributed by atoms with Gasteiger partial charge in [0, 0.05) is 5.02 Å². The summed E-state index contributed by atoms with van der Waals surface area (Å²) in [7, 11) is 0. The lowest BCUT2D eigenvalue weighted by atomic mass is 9.83. The van der Waals surface area contributed by atoms with Crippen molar-refractivity contribution in [3.63, 3.8) is 0 Å². The highest BCUT2D eigenvalue weighted by molar-refractivity contribution is 6.30. The quantitative estimate of drug-likeness (QED) is 0.645. The van der Waals surface area contributed by atoms with Gasteiger partial charge in [-0.05, 0) is 54.7 Å². The van der Waals surface area contributed by atoms with Gasteiger partial charge in [-0.15, -0.1) is 0 Å². The molecule has 74 valence electrons. The van der Waals surface area contributed by atoms with Crippen LogP contribution < -0.4 is 0 Å². The third kappa shape index (κ3) is 1.37. The molecule has 0 aromatic heterocycles. The fourth-order valence-electron chi connectivity index (χ4n) is 3.39. The largest absolute Gasteiger partial charge is 0.0843 e. The molecule has 0 heterocycles. The Hall–Kier alpha value is -0.490. The molecule has 0 spiro atoms. The molecule has 0 unspecified atom stereocenters. The first-order chi connectivity index (χ1) is 6.83. The lowest BCUT2D eigenvalue weighted by Gasteiger charge is -2.22. The standard InChI is InChI=1S/C13H15Cl/c14-12-3-1-2-10(8-12)13-7-9-4-5-11(13)6-9/h1-3,8-9,11,13H,4-7H2/t9-,11+,13-/m1/s1. The molecule has 1 aromatic rings. The van der Waals surface area contributed by atoms with Crippen LogP contribution in [0.1, 0.15) is 37.2 Å². The van der Waals surface area contributed by atoms with Crippen LogP contribution in [0.3, 0.4) is 0 Å². The Morgan fingerprint density at radius 1 is 1.14 bits per heavy atom. The van der Waals surface area contributed by atoms with E-state index >= 15 is 0 Å². The van der Waals surface area contributed by atoms with Gasteiger partial charge in [0.25, 0.3) is 0 Å². The van der Waals surface area contributed by atoms with Crippen LogP contribution in [0.5, 0.6) is 0 Å². The van der Waals surface area contributed by atoms with E-state index in [0.717, 1.165) is 22.8 Å². The first-order valence-corrected chi connectivity index (χ1v) is 5.96. The van der Waals surface area contributed by atoms with Crippen molar-refractivity contribution in [2.45, 2.75) is 31.6 Å². The third-order valence-electron chi connectivity index (χ3n) is 4.01. The lowest BCUT2D eigenvalue weighted by molar-refractivity contribution is 0.420. The van der Waals surface area contributed by atoms with Crippen LogP contribution in [0.15, 0.2) is 24.3 Å². The van der Waals surface area contributed by atoms with Crippen LogP contribution in [-0.4, -0.2) is 0 Å². The molecule has 2 aliphatic rings. The van der Waals surface area contributed by atoms with Gasteiger partial charge in [0.1, 0.15) is 0 Å². The Kier molecular flexibility index (Phi) is 2.05. The van der Waals surface area contributed by atoms with Crippen molar-refractivity contribution in [3.8, 4) is 0 Å². The zero-order valence-electron chi connectivity index (χ0n) is 8.25. The molecule has 2 fully saturated rings. The van der Waals surface area contributed by atoms with Crippen molar-refractivity contribution in [2.75, 3.05) is 0 Å². The molecule has 2 aliphatic carbocycles. The van der Waals surface area contributed by atoms with Crippen molar-refractivity contribution in [3.05, 3.63) is 34.9 Å². The summed E-state index contributed by atoms with van der Waals surface area (Å²) >= 11 is 6.03. The number of benzene rings is 1. The van der Waals surface area contributed by atoms with Gasteiger partial charge in [-0.2, -0.15) is 0 Å². The van der Waals surface area contributed by atoms with Crippen molar-refractivity contribution >= 4 is 11.6 Å². The maximum atomic E-state index is 6.03. The smallest absolute Gasteiger partial charge is 0.0408 e. The highest BCUT2D eigenvalue weighted by atomic mass is 35.5. The molecule has 3 rings (SSSR count). The molecule has 0 nitrogen and oxygen atoms in total. The summed E-state index contributed by atoms with van der Waals surface area (Å²) < 4.78 is 0. The lowest BCUT2D eigenvalue weighted by Crippen LogP contribution is -2.08. The van der Waals surface area contributed by atoms with E-state index in [1.165, 1.54) is 31.2 Å². The van der Waals surface area contributed by atoms with E-state index in [4.69, 9.17) is 11.6 Å². The van der Waals surface area contributed by atoms with Gasteiger partial charge < -0.3 is 0 Å². The average Bonchev–Trinajstić information content (AvgIpc) is 2.78. The second-order valence-electron chi connectivity index (χ2n) is 4.84. The van der Waals surface area contributed by atoms with E-state index < -0.39 is 0 Å². The second kappa shape index (κ2) is 3.27. The van der Waals surface area contributed by atoms with Crippen LogP contribution in [0.4, 0.5) is 0 Å². The number of rotatable bonds is 1. The van der Waals surface area contributed by atoms with Crippen LogP contribution in [0, 0.1) is 11.8 Å². The monoisotopic (exact) mass is 206 g/mol. The fourth-order valence-corrected chi connectivity index (χ4v) is 3.59. The third-order valence-corrected chi connectivity index (χ3v) is 4.25. The predicted octanol–water partition coefficient (Wildman–Crippen LogP) is 4.24. The molecule has 0 aliphatic heterocycles. The predicted molar refractivity (Wildman–Crippen MR) is 59.6 cm³/mol. The van der Waals surface area contributed by atoms with E-state index in [1.54, 1.807) is 0 Å². The van der Waals surface area contributed by atoms with Gasteiger partial charge in [0.15, 0.2) is 0 Å². The van der Waals surface area contributed by atoms with Crippen molar-refractivity contribution in [2.24, 2.45) is 11.8 Å². The minimum absolute atomic E-state index is 0.812. The van der Waals surface area contributed by atoms with Crippen LogP contribution >= 0.6 is 11.6 Å². The SMILES string of the molecule is Clc1cccc([C@H]2C[C@@H]3CC[C@H]2C3)c1. The van der Waals surface area contributed by atoms with Crippen LogP contribution in [-0.2, 0) is 0 Å². The van der Waals surface area contributed by atoms with Crippen LogP contribution in [0.25, 0.3) is 0 Å². The Morgan fingerprint density at radius 2 is 2.07 bits per heavy atom. The first kappa shape index (κ1) is 8.79. The summed E-state index contributed by atoms with van der Waals surface area (Å²) in [6, 6.07) is 8.46. The highest BCUT2D eigenvalue weighted by Crippen LogP contribution is 2.52. The molecule has 0 radical (unpaired) electrons. The molecular weight excluding hydrogens is 192 g/mol. The molecule has 0 N–H and O–H groups in total. The number of hydrogen-bond donors (Lipinski definition) is 0. The van der Waals surface area contributed by atoms with Gasteiger partial charge in [-0.1, -0.05) is 30.2 Å². The van der Waals surface area contributed by atoms with E-state index in [-0.39, 0.29) is 0 Å². The van der Waals surface area contributed by atoms with E-state index in [1.807, 2.05) is 6.07 Å². The normalized spacial score (nSPS) is 35.1. The Labute approximate surface area is 90.3 Å². The molecule has 0 amide bonds. The summed E-state index contributed by atoms with van der Waals surface area (Å²) in [5.41, 5.74) is 1.48. The van der Waals surface area contributed by atoms with Gasteiger partial charge >= 0.3 is 0 Å². The van der Waals surface area contributed by atoms with E-state index in [0.29, 0.717) is 0 Å². The van der Waals surface area contributed by atoms with Crippen molar-refractivity contribution in [1.82, 2.24) is 0 Å². The fraction of sp³-hybridized carbons (Fsp3) is 0.538. The minimum atomic E-state index is 0.812. The molecule has 2 bridgehead atoms. The molecule has 14 heavy (non-hydrogen) atoms. The minimum Gasteiger partial charge on any atom is -0.0843 e. The molecule has 3 atom stereocenters. The zero-order chi connectivity index (χ0) is 9.54. The van der Waals surface area contributed by atoms with E-state index in [9.17, 15) is 0 Å².